The van der Waals surface area contributed by atoms with E-state index in [-0.39, 0.29) is 17.1 Å². The number of benzene rings is 1. The van der Waals surface area contributed by atoms with Gasteiger partial charge in [0, 0.05) is 18.8 Å². The lowest BCUT2D eigenvalue weighted by Gasteiger charge is -2.25. The van der Waals surface area contributed by atoms with Crippen molar-refractivity contribution in [2.24, 2.45) is 0 Å². The number of amides is 2. The number of hydrogen-bond acceptors (Lipinski definition) is 7. The van der Waals surface area contributed by atoms with Gasteiger partial charge in [0.25, 0.3) is 11.8 Å². The monoisotopic (exact) mass is 420 g/mol. The van der Waals surface area contributed by atoms with Crippen LogP contribution in [0.25, 0.3) is 0 Å². The first-order valence-corrected chi connectivity index (χ1v) is 11.0. The fourth-order valence-electron chi connectivity index (χ4n) is 2.63. The maximum absolute atomic E-state index is 12.5. The lowest BCUT2D eigenvalue weighted by molar-refractivity contribution is -0.121. The van der Waals surface area contributed by atoms with Crippen molar-refractivity contribution in [3.8, 4) is 0 Å². The molecule has 1 aliphatic rings. The van der Waals surface area contributed by atoms with Crippen LogP contribution in [0.5, 0.6) is 0 Å². The maximum Gasteiger partial charge on any atom is 0.281 e. The number of carbonyl (C=O) groups is 2. The average molecular weight is 421 g/mol. The molecule has 0 saturated carbocycles. The van der Waals surface area contributed by atoms with Crippen molar-refractivity contribution in [2.75, 3.05) is 31.2 Å². The molecule has 28 heavy (non-hydrogen) atoms. The zero-order valence-corrected chi connectivity index (χ0v) is 17.6. The predicted octanol–water partition coefficient (Wildman–Crippen LogP) is 2.37. The number of morpholine rings is 1. The number of nitrogens with one attached hydrogen (secondary N) is 2. The summed E-state index contributed by atoms with van der Waals surface area (Å²) in [5.41, 5.74) is 6.85. The number of hydrogen-bond donors (Lipinski definition) is 2. The molecular formula is C19H24N4O3S2. The molecule has 1 fully saturated rings. The summed E-state index contributed by atoms with van der Waals surface area (Å²) in [5.74, 6) is 0.160. The van der Waals surface area contributed by atoms with Gasteiger partial charge in [-0.05, 0) is 19.4 Å². The number of rotatable bonds is 6. The van der Waals surface area contributed by atoms with E-state index in [9.17, 15) is 9.59 Å². The molecule has 2 heterocycles. The molecule has 150 valence electrons. The van der Waals surface area contributed by atoms with Gasteiger partial charge in [-0.3, -0.25) is 20.4 Å². The van der Waals surface area contributed by atoms with E-state index in [0.717, 1.165) is 29.5 Å². The van der Waals surface area contributed by atoms with Gasteiger partial charge in [-0.15, -0.1) is 11.8 Å². The summed E-state index contributed by atoms with van der Waals surface area (Å²) in [6.45, 7) is 6.48. The van der Waals surface area contributed by atoms with Crippen molar-refractivity contribution in [1.82, 2.24) is 15.8 Å². The number of hydrazine groups is 1. The fraction of sp³-hybridized carbons (Fsp3) is 0.421. The molecule has 1 saturated heterocycles. The highest BCUT2D eigenvalue weighted by atomic mass is 32.2. The molecule has 0 radical (unpaired) electrons. The van der Waals surface area contributed by atoms with Gasteiger partial charge in [0.05, 0.1) is 24.2 Å². The van der Waals surface area contributed by atoms with Gasteiger partial charge < -0.3 is 9.64 Å². The van der Waals surface area contributed by atoms with Gasteiger partial charge in [0.1, 0.15) is 4.88 Å². The van der Waals surface area contributed by atoms with Crippen molar-refractivity contribution < 1.29 is 14.3 Å². The average Bonchev–Trinajstić information content (AvgIpc) is 3.13. The van der Waals surface area contributed by atoms with Crippen LogP contribution in [0.1, 0.15) is 27.9 Å². The lowest BCUT2D eigenvalue weighted by Crippen LogP contribution is -2.44. The molecule has 1 aromatic carbocycles. The maximum atomic E-state index is 12.5. The molecule has 1 aromatic heterocycles. The van der Waals surface area contributed by atoms with Gasteiger partial charge in [-0.2, -0.15) is 0 Å². The largest absolute Gasteiger partial charge is 0.378 e. The number of thioether (sulfide) groups is 1. The minimum atomic E-state index is -0.344. The van der Waals surface area contributed by atoms with E-state index >= 15 is 0 Å². The number of thiazole rings is 1. The molecule has 1 aliphatic heterocycles. The minimum absolute atomic E-state index is 0.232. The summed E-state index contributed by atoms with van der Waals surface area (Å²) in [4.78, 5) is 31.8. The lowest BCUT2D eigenvalue weighted by atomic mass is 10.2. The Morgan fingerprint density at radius 2 is 1.96 bits per heavy atom. The van der Waals surface area contributed by atoms with Crippen LogP contribution >= 0.6 is 23.1 Å². The van der Waals surface area contributed by atoms with Crippen LogP contribution in [0.15, 0.2) is 30.3 Å². The molecule has 1 atom stereocenters. The van der Waals surface area contributed by atoms with Gasteiger partial charge >= 0.3 is 0 Å². The highest BCUT2D eigenvalue weighted by Crippen LogP contribution is 2.26. The zero-order chi connectivity index (χ0) is 19.9. The Balaban J connectivity index is 1.49. The molecule has 7 nitrogen and oxygen atoms in total. The molecular weight excluding hydrogens is 396 g/mol. The molecule has 2 N–H and O–H groups in total. The first kappa shape index (κ1) is 20.6. The normalized spacial score (nSPS) is 15.1. The number of aryl methyl sites for hydroxylation is 1. The highest BCUT2D eigenvalue weighted by molar-refractivity contribution is 7.99. The second-order valence-electron chi connectivity index (χ2n) is 6.39. The van der Waals surface area contributed by atoms with Crippen LogP contribution in [0.4, 0.5) is 5.13 Å². The second kappa shape index (κ2) is 9.90. The summed E-state index contributed by atoms with van der Waals surface area (Å²) in [7, 11) is 0. The van der Waals surface area contributed by atoms with Gasteiger partial charge in [0.15, 0.2) is 5.13 Å². The summed E-state index contributed by atoms with van der Waals surface area (Å²) < 4.78 is 5.35. The number of ether oxygens (including phenoxy) is 1. The molecule has 0 bridgehead atoms. The Kier molecular flexibility index (Phi) is 7.30. The van der Waals surface area contributed by atoms with Gasteiger partial charge in [-0.1, -0.05) is 41.7 Å². The Bertz CT molecular complexity index is 807. The van der Waals surface area contributed by atoms with Crippen LogP contribution in [-0.2, 0) is 15.3 Å². The van der Waals surface area contributed by atoms with Crippen molar-refractivity contribution in [3.05, 3.63) is 46.5 Å². The van der Waals surface area contributed by atoms with E-state index in [1.165, 1.54) is 23.1 Å². The van der Waals surface area contributed by atoms with Crippen molar-refractivity contribution in [2.45, 2.75) is 24.9 Å². The number of anilines is 1. The minimum Gasteiger partial charge on any atom is -0.378 e. The number of nitrogens with zero attached hydrogens (tertiary/aromatic N) is 2. The third-order valence-corrected chi connectivity index (χ3v) is 6.72. The van der Waals surface area contributed by atoms with Crippen molar-refractivity contribution in [3.63, 3.8) is 0 Å². The van der Waals surface area contributed by atoms with E-state index in [1.807, 2.05) is 37.3 Å². The third-order valence-electron chi connectivity index (χ3n) is 4.28. The predicted molar refractivity (Wildman–Crippen MR) is 113 cm³/mol. The summed E-state index contributed by atoms with van der Waals surface area (Å²) in [6.07, 6.45) is 0. The van der Waals surface area contributed by atoms with E-state index < -0.39 is 0 Å². The summed E-state index contributed by atoms with van der Waals surface area (Å²) in [5, 5.41) is 0.524. The fourth-order valence-corrected chi connectivity index (χ4v) is 4.49. The van der Waals surface area contributed by atoms with Crippen LogP contribution in [-0.4, -0.2) is 48.4 Å². The Morgan fingerprint density at radius 1 is 1.25 bits per heavy atom. The molecule has 2 amide bonds. The quantitative estimate of drug-likeness (QED) is 0.698. The highest BCUT2D eigenvalue weighted by Gasteiger charge is 2.21. The van der Waals surface area contributed by atoms with E-state index in [0.29, 0.717) is 23.8 Å². The van der Waals surface area contributed by atoms with Crippen molar-refractivity contribution >= 4 is 40.0 Å². The molecule has 0 unspecified atom stereocenters. The first-order valence-electron chi connectivity index (χ1n) is 9.10. The van der Waals surface area contributed by atoms with Gasteiger partial charge in [0.2, 0.25) is 0 Å². The Labute approximate surface area is 172 Å². The SMILES string of the molecule is Cc1nc(N2CCOCC2)sc1C(=O)NNC(=O)[C@@H](C)SCc1ccccc1. The van der Waals surface area contributed by atoms with Crippen LogP contribution < -0.4 is 15.8 Å². The standard InChI is InChI=1S/C19H24N4O3S2/c1-13-16(28-19(20-13)23-8-10-26-11-9-23)18(25)22-21-17(24)14(2)27-12-15-6-4-3-5-7-15/h3-7,14H,8-12H2,1-2H3,(H,21,24)(H,22,25)/t14-/m1/s1. The summed E-state index contributed by atoms with van der Waals surface area (Å²) in [6, 6.07) is 9.97. The Hall–Kier alpha value is -2.10. The second-order valence-corrected chi connectivity index (χ2v) is 8.70. The van der Waals surface area contributed by atoms with Crippen LogP contribution in [0.3, 0.4) is 0 Å². The molecule has 9 heteroatoms. The van der Waals surface area contributed by atoms with E-state index in [2.05, 4.69) is 20.7 Å². The first-order chi connectivity index (χ1) is 13.5. The topological polar surface area (TPSA) is 83.6 Å². The molecule has 0 aliphatic carbocycles. The van der Waals surface area contributed by atoms with Crippen LogP contribution in [0, 0.1) is 6.92 Å². The number of aromatic nitrogens is 1. The molecule has 3 rings (SSSR count). The molecule has 0 spiro atoms. The van der Waals surface area contributed by atoms with Crippen LogP contribution in [0.2, 0.25) is 0 Å². The van der Waals surface area contributed by atoms with Gasteiger partial charge in [-0.25, -0.2) is 4.98 Å². The van der Waals surface area contributed by atoms with Crippen molar-refractivity contribution in [1.29, 1.82) is 0 Å². The molecule has 2 aromatic rings. The summed E-state index contributed by atoms with van der Waals surface area (Å²) >= 11 is 2.85. The number of carbonyl (C=O) groups excluding carboxylic acids is 2. The smallest absolute Gasteiger partial charge is 0.281 e. The van der Waals surface area contributed by atoms with E-state index in [4.69, 9.17) is 4.74 Å². The Morgan fingerprint density at radius 3 is 2.68 bits per heavy atom. The zero-order valence-electron chi connectivity index (χ0n) is 15.9. The van der Waals surface area contributed by atoms with E-state index in [1.54, 1.807) is 6.92 Å². The third kappa shape index (κ3) is 5.46.